The standard InChI is InChI=1S/C36H43FN10O11P2S2Si/c1-36(2,3)63(4,5)58-28-23-15-52-59(50,61)56-27-22(54-34(24(27)37)47-19-42-26-30(39-17-40-31(26)47)44-32(48)20-10-7-6-8-11-20)16-53-60(62,51-13-9-12-38)57-29(28)35(55-23)46-18-41-25-21(46)14-43-45-33(25)49/h6-8,10-11,14,17-19,22-24,27-29,34-35H,9,13,15-16H2,1-5H3,(H,45,49)(H,50,61)(H,39,40,44,48)/t22-,23-,24-,27-,28-,29-,34-,35-,59?,60?/m1/s1. The van der Waals surface area contributed by atoms with Crippen LogP contribution in [0.25, 0.3) is 22.2 Å². The molecule has 21 nitrogen and oxygen atoms in total. The number of nitriles is 1. The summed E-state index contributed by atoms with van der Waals surface area (Å²) in [4.78, 5) is 42.8. The number of thiol groups is 1. The molecule has 4 aromatic heterocycles. The molecule has 0 spiro atoms. The van der Waals surface area contributed by atoms with Gasteiger partial charge in [0.05, 0.1) is 56.7 Å². The average Bonchev–Trinajstić information content (AvgIpc) is 4.01. The predicted molar refractivity (Wildman–Crippen MR) is 231 cm³/mol. The van der Waals surface area contributed by atoms with Crippen LogP contribution in [0.2, 0.25) is 18.1 Å². The lowest BCUT2D eigenvalue weighted by atomic mass is 10.1. The molecule has 2 bridgehead atoms. The van der Waals surface area contributed by atoms with E-state index in [1.807, 2.05) is 39.9 Å². The Morgan fingerprint density at radius 1 is 1.05 bits per heavy atom. The number of fused-ring (bicyclic) bond motifs is 5. The van der Waals surface area contributed by atoms with Gasteiger partial charge in [-0.2, -0.15) is 10.4 Å². The molecule has 2 N–H and O–H groups in total. The second-order valence-electron chi connectivity index (χ2n) is 16.3. The van der Waals surface area contributed by atoms with E-state index < -0.39 is 95.7 Å². The molecule has 1 aromatic carbocycles. The highest BCUT2D eigenvalue weighted by atomic mass is 32.7. The number of carbonyl (C=O) groups excluding carboxylic acids is 1. The van der Waals surface area contributed by atoms with Crippen LogP contribution >= 0.6 is 25.8 Å². The monoisotopic (exact) mass is 964 g/mol. The number of H-pyrrole nitrogens is 1. The number of aromatic amines is 1. The van der Waals surface area contributed by atoms with E-state index in [4.69, 9.17) is 48.3 Å². The number of halogens is 1. The number of alkyl halides is 1. The van der Waals surface area contributed by atoms with E-state index in [0.29, 0.717) is 5.56 Å². The zero-order chi connectivity index (χ0) is 44.9. The number of carbonyl (C=O) groups is 1. The van der Waals surface area contributed by atoms with E-state index in [1.54, 1.807) is 30.3 Å². The zero-order valence-corrected chi connectivity index (χ0v) is 38.8. The Labute approximate surface area is 370 Å². The fraction of sp³-hybridized carbons (Fsp3) is 0.500. The Morgan fingerprint density at radius 3 is 2.51 bits per heavy atom. The highest BCUT2D eigenvalue weighted by Crippen LogP contribution is 2.60. The number of benzene rings is 1. The number of nitrogens with zero attached hydrogens (tertiary/aromatic N) is 8. The van der Waals surface area contributed by atoms with Gasteiger partial charge >= 0.3 is 13.5 Å². The SMILES string of the molecule is CC(C)(C)[Si](C)(C)O[C@H]1[C@H]2OP(=S)(OCCC#N)OC[C@H]3O[C@@H](n4cnc5c(NC(=O)c6ccccc6)ncnc54)[C@H](F)[C@@H]3OP(=O)(S)OC[C@H]1O[C@H]2n1cnc2c(=O)[nH]ncc21. The van der Waals surface area contributed by atoms with Gasteiger partial charge in [-0.15, -0.1) is 0 Å². The van der Waals surface area contributed by atoms with Crippen molar-refractivity contribution in [1.82, 2.24) is 39.3 Å². The molecule has 8 rings (SSSR count). The Kier molecular flexibility index (Phi) is 12.9. The molecule has 0 saturated carbocycles. The minimum Gasteiger partial charge on any atom is -0.408 e. The predicted octanol–water partition coefficient (Wildman–Crippen LogP) is 5.74. The van der Waals surface area contributed by atoms with Crippen LogP contribution in [0.5, 0.6) is 0 Å². The van der Waals surface area contributed by atoms with E-state index >= 15 is 4.39 Å². The van der Waals surface area contributed by atoms with Crippen LogP contribution < -0.4 is 10.9 Å². The first kappa shape index (κ1) is 45.7. The van der Waals surface area contributed by atoms with Crippen LogP contribution in [-0.4, -0.2) is 110 Å². The number of anilines is 1. The number of nitrogens with one attached hydrogen (secondary N) is 2. The Morgan fingerprint density at radius 2 is 1.76 bits per heavy atom. The third-order valence-corrected chi connectivity index (χ3v) is 19.6. The van der Waals surface area contributed by atoms with Crippen LogP contribution in [0.1, 0.15) is 50.0 Å². The van der Waals surface area contributed by atoms with Crippen molar-refractivity contribution in [3.05, 3.63) is 71.4 Å². The van der Waals surface area contributed by atoms with Crippen LogP contribution in [0, 0.1) is 11.3 Å². The van der Waals surface area contributed by atoms with Crippen LogP contribution in [0.15, 0.2) is 60.3 Å². The lowest BCUT2D eigenvalue weighted by Crippen LogP contribution is -2.50. The second-order valence-corrected chi connectivity index (χ2v) is 26.9. The summed E-state index contributed by atoms with van der Waals surface area (Å²) in [5, 5.41) is 18.1. The minimum atomic E-state index is -4.49. The lowest BCUT2D eigenvalue weighted by Gasteiger charge is -2.41. The molecule has 3 fully saturated rings. The Bertz CT molecular complexity index is 2700. The largest absolute Gasteiger partial charge is 0.408 e. The van der Waals surface area contributed by atoms with Gasteiger partial charge in [0.25, 0.3) is 11.5 Å². The minimum absolute atomic E-state index is 0.0570. The van der Waals surface area contributed by atoms with Crippen molar-refractivity contribution in [1.29, 1.82) is 5.26 Å². The summed E-state index contributed by atoms with van der Waals surface area (Å²) in [6.45, 7) is 0.377. The van der Waals surface area contributed by atoms with Gasteiger partial charge in [-0.05, 0) is 42.1 Å². The summed E-state index contributed by atoms with van der Waals surface area (Å²) in [6, 6.07) is 10.4. The van der Waals surface area contributed by atoms with Crippen molar-refractivity contribution in [2.75, 3.05) is 25.1 Å². The average molecular weight is 965 g/mol. The van der Waals surface area contributed by atoms with Gasteiger partial charge in [-0.3, -0.25) is 32.3 Å². The summed E-state index contributed by atoms with van der Waals surface area (Å²) >= 11 is 10.3. The molecule has 0 radical (unpaired) electrons. The van der Waals surface area contributed by atoms with Gasteiger partial charge in [0.2, 0.25) is 0 Å². The van der Waals surface area contributed by atoms with Crippen LogP contribution in [0.3, 0.4) is 0 Å². The van der Waals surface area contributed by atoms with Crippen molar-refractivity contribution >= 4 is 79.8 Å². The molecule has 336 valence electrons. The number of imidazole rings is 2. The topological polar surface area (TPSA) is 251 Å². The zero-order valence-electron chi connectivity index (χ0n) is 34.3. The third-order valence-electron chi connectivity index (χ3n) is 11.1. The van der Waals surface area contributed by atoms with Crippen molar-refractivity contribution in [3.63, 3.8) is 0 Å². The first-order chi connectivity index (χ1) is 29.9. The summed E-state index contributed by atoms with van der Waals surface area (Å²) < 4.78 is 84.6. The van der Waals surface area contributed by atoms with E-state index in [9.17, 15) is 19.4 Å². The summed E-state index contributed by atoms with van der Waals surface area (Å²) in [7, 11) is -2.72. The van der Waals surface area contributed by atoms with Crippen molar-refractivity contribution in [2.24, 2.45) is 0 Å². The highest BCUT2D eigenvalue weighted by molar-refractivity contribution is 8.44. The van der Waals surface area contributed by atoms with Gasteiger partial charge in [-0.1, -0.05) is 51.2 Å². The molecule has 5 aromatic rings. The molecule has 10 atom stereocenters. The van der Waals surface area contributed by atoms with Gasteiger partial charge in [0.15, 0.2) is 49.4 Å². The molecule has 27 heteroatoms. The molecule has 3 aliphatic heterocycles. The van der Waals surface area contributed by atoms with Crippen LogP contribution in [0.4, 0.5) is 10.2 Å². The molecular formula is C36H43FN10O11P2S2Si. The summed E-state index contributed by atoms with van der Waals surface area (Å²) in [6.07, 6.45) is -5.96. The van der Waals surface area contributed by atoms with E-state index in [-0.39, 0.29) is 46.1 Å². The normalized spacial score (nSPS) is 30.6. The Balaban J connectivity index is 1.15. The molecule has 7 heterocycles. The maximum absolute atomic E-state index is 16.9. The summed E-state index contributed by atoms with van der Waals surface area (Å²) in [5.74, 6) is -0.404. The highest BCUT2D eigenvalue weighted by Gasteiger charge is 2.56. The first-order valence-corrected chi connectivity index (χ1v) is 27.7. The van der Waals surface area contributed by atoms with E-state index in [2.05, 4.69) is 47.7 Å². The molecule has 3 saturated heterocycles. The number of aromatic nitrogens is 8. The first-order valence-electron chi connectivity index (χ1n) is 19.6. The van der Waals surface area contributed by atoms with E-state index in [1.165, 1.54) is 34.3 Å². The fourth-order valence-corrected chi connectivity index (χ4v) is 11.8. The number of rotatable bonds is 9. The third kappa shape index (κ3) is 9.33. The molecule has 1 amide bonds. The molecule has 63 heavy (non-hydrogen) atoms. The van der Waals surface area contributed by atoms with Crippen molar-refractivity contribution in [3.8, 4) is 6.07 Å². The van der Waals surface area contributed by atoms with Gasteiger partial charge < -0.3 is 28.3 Å². The Hall–Kier alpha value is -3.86. The second kappa shape index (κ2) is 17.8. The van der Waals surface area contributed by atoms with Crippen molar-refractivity contribution in [2.45, 2.75) is 94.5 Å². The fourth-order valence-electron chi connectivity index (χ4n) is 6.96. The summed E-state index contributed by atoms with van der Waals surface area (Å²) in [5.41, 5.74) is 0.362. The van der Waals surface area contributed by atoms with E-state index in [0.717, 1.165) is 0 Å². The van der Waals surface area contributed by atoms with Gasteiger partial charge in [0, 0.05) is 5.56 Å². The maximum atomic E-state index is 16.9. The maximum Gasteiger partial charge on any atom is 0.386 e. The quantitative estimate of drug-likeness (QED) is 0.0689. The lowest BCUT2D eigenvalue weighted by molar-refractivity contribution is -0.0600. The number of hydrogen-bond acceptors (Lipinski definition) is 18. The molecule has 0 aliphatic carbocycles. The molecular weight excluding hydrogens is 922 g/mol. The van der Waals surface area contributed by atoms with Crippen molar-refractivity contribution < 1.29 is 50.3 Å². The smallest absolute Gasteiger partial charge is 0.386 e. The molecule has 2 unspecified atom stereocenters. The van der Waals surface area contributed by atoms with Gasteiger partial charge in [0.1, 0.15) is 36.8 Å². The van der Waals surface area contributed by atoms with Gasteiger partial charge in [-0.25, -0.2) is 34.0 Å². The number of ether oxygens (including phenoxy) is 2. The van der Waals surface area contributed by atoms with Crippen LogP contribution in [-0.2, 0) is 52.9 Å². The number of hydrogen-bond donors (Lipinski definition) is 3. The number of amides is 1. The molecule has 3 aliphatic rings.